The molecule has 2 heterocycles. The van der Waals surface area contributed by atoms with E-state index in [1.165, 1.54) is 18.4 Å². The van der Waals surface area contributed by atoms with Crippen LogP contribution in [0.15, 0.2) is 16.2 Å². The lowest BCUT2D eigenvalue weighted by Crippen LogP contribution is -2.31. The lowest BCUT2D eigenvalue weighted by atomic mass is 9.97. The van der Waals surface area contributed by atoms with Crippen LogP contribution < -0.4 is 0 Å². The molecule has 20 heavy (non-hydrogen) atoms. The van der Waals surface area contributed by atoms with Crippen molar-refractivity contribution < 1.29 is 9.32 Å². The average Bonchev–Trinajstić information content (AvgIpc) is 3.08. The summed E-state index contributed by atoms with van der Waals surface area (Å²) >= 11 is 0. The van der Waals surface area contributed by atoms with E-state index in [4.69, 9.17) is 4.52 Å². The summed E-state index contributed by atoms with van der Waals surface area (Å²) in [6.45, 7) is 2.59. The molecule has 0 saturated carbocycles. The van der Waals surface area contributed by atoms with Gasteiger partial charge in [-0.3, -0.25) is 4.79 Å². The third kappa shape index (κ3) is 2.76. The van der Waals surface area contributed by atoms with Crippen LogP contribution in [0.1, 0.15) is 62.7 Å². The second-order valence-electron chi connectivity index (χ2n) is 5.70. The van der Waals surface area contributed by atoms with Crippen LogP contribution in [0, 0.1) is 6.92 Å². The number of hydrogen-bond donors (Lipinski definition) is 0. The molecule has 1 aromatic heterocycles. The Bertz CT molecular complexity index is 521. The van der Waals surface area contributed by atoms with Crippen LogP contribution in [0.25, 0.3) is 0 Å². The van der Waals surface area contributed by atoms with Gasteiger partial charge in [0.1, 0.15) is 0 Å². The minimum Gasteiger partial charge on any atom is -0.340 e. The first kappa shape index (κ1) is 13.3. The molecule has 5 heteroatoms. The lowest BCUT2D eigenvalue weighted by molar-refractivity contribution is -0.131. The third-order valence-corrected chi connectivity index (χ3v) is 4.18. The molecular formula is C15H21N3O2. The van der Waals surface area contributed by atoms with Gasteiger partial charge in [-0.1, -0.05) is 16.8 Å². The number of likely N-dealkylation sites (tertiary alicyclic amines) is 1. The number of aromatic nitrogens is 2. The maximum absolute atomic E-state index is 12.5. The molecule has 0 N–H and O–H groups in total. The summed E-state index contributed by atoms with van der Waals surface area (Å²) in [5, 5.41) is 3.98. The third-order valence-electron chi connectivity index (χ3n) is 4.18. The number of allylic oxidation sites excluding steroid dienone is 1. The number of carbonyl (C=O) groups is 1. The second kappa shape index (κ2) is 5.77. The summed E-state index contributed by atoms with van der Waals surface area (Å²) in [6, 6.07) is 0.00383. The first-order valence-corrected chi connectivity index (χ1v) is 7.51. The molecule has 1 aromatic rings. The van der Waals surface area contributed by atoms with Crippen molar-refractivity contribution in [3.63, 3.8) is 0 Å². The Morgan fingerprint density at radius 2 is 2.35 bits per heavy atom. The SMILES string of the molecule is Cc1nc(C2CCCN2C(=O)CC2=CCCCC2)no1. The van der Waals surface area contributed by atoms with Gasteiger partial charge in [-0.05, 0) is 38.5 Å². The molecule has 1 atom stereocenters. The van der Waals surface area contributed by atoms with Crippen LogP contribution in [0.2, 0.25) is 0 Å². The molecule has 1 aliphatic carbocycles. The summed E-state index contributed by atoms with van der Waals surface area (Å²) in [5.41, 5.74) is 1.30. The van der Waals surface area contributed by atoms with Gasteiger partial charge in [0.2, 0.25) is 11.8 Å². The molecule has 1 amide bonds. The molecular weight excluding hydrogens is 254 g/mol. The highest BCUT2D eigenvalue weighted by Gasteiger charge is 2.33. The van der Waals surface area contributed by atoms with Crippen molar-refractivity contribution in [3.8, 4) is 0 Å². The fourth-order valence-electron chi connectivity index (χ4n) is 3.14. The van der Waals surface area contributed by atoms with Crippen LogP contribution in [0.5, 0.6) is 0 Å². The van der Waals surface area contributed by atoms with E-state index in [9.17, 15) is 4.79 Å². The lowest BCUT2D eigenvalue weighted by Gasteiger charge is -2.23. The number of hydrogen-bond acceptors (Lipinski definition) is 4. The van der Waals surface area contributed by atoms with Gasteiger partial charge in [0.25, 0.3) is 0 Å². The van der Waals surface area contributed by atoms with E-state index in [0.29, 0.717) is 18.1 Å². The van der Waals surface area contributed by atoms with Gasteiger partial charge in [0.05, 0.1) is 6.04 Å². The molecule has 108 valence electrons. The fraction of sp³-hybridized carbons (Fsp3) is 0.667. The van der Waals surface area contributed by atoms with Crippen molar-refractivity contribution in [2.45, 2.75) is 57.9 Å². The van der Waals surface area contributed by atoms with E-state index in [0.717, 1.165) is 32.2 Å². The Morgan fingerprint density at radius 3 is 3.05 bits per heavy atom. The summed E-state index contributed by atoms with van der Waals surface area (Å²) in [5.74, 6) is 1.43. The maximum Gasteiger partial charge on any atom is 0.227 e. The van der Waals surface area contributed by atoms with E-state index in [1.54, 1.807) is 6.92 Å². The first-order chi connectivity index (χ1) is 9.74. The van der Waals surface area contributed by atoms with Crippen LogP contribution in [0.3, 0.4) is 0 Å². The Labute approximate surface area is 119 Å². The number of rotatable bonds is 3. The second-order valence-corrected chi connectivity index (χ2v) is 5.70. The molecule has 0 aromatic carbocycles. The fourth-order valence-corrected chi connectivity index (χ4v) is 3.14. The zero-order chi connectivity index (χ0) is 13.9. The predicted octanol–water partition coefficient (Wildman–Crippen LogP) is 2.93. The summed E-state index contributed by atoms with van der Waals surface area (Å²) in [7, 11) is 0. The number of amides is 1. The van der Waals surface area contributed by atoms with Gasteiger partial charge in [0, 0.05) is 19.9 Å². The summed E-state index contributed by atoms with van der Waals surface area (Å²) in [6.07, 6.45) is 9.42. The molecule has 1 saturated heterocycles. The Hall–Kier alpha value is -1.65. The van der Waals surface area contributed by atoms with E-state index in [2.05, 4.69) is 16.2 Å². The van der Waals surface area contributed by atoms with Gasteiger partial charge >= 0.3 is 0 Å². The van der Waals surface area contributed by atoms with E-state index in [1.807, 2.05) is 4.90 Å². The normalized spacial score (nSPS) is 22.9. The Balaban J connectivity index is 1.68. The molecule has 1 unspecified atom stereocenters. The zero-order valence-electron chi connectivity index (χ0n) is 12.0. The minimum absolute atomic E-state index is 0.00383. The van der Waals surface area contributed by atoms with Crippen LogP contribution in [-0.4, -0.2) is 27.5 Å². The molecule has 5 nitrogen and oxygen atoms in total. The van der Waals surface area contributed by atoms with Crippen molar-refractivity contribution in [2.24, 2.45) is 0 Å². The molecule has 1 fully saturated rings. The standard InChI is InChI=1S/C15H21N3O2/c1-11-16-15(17-20-11)13-8-5-9-18(13)14(19)10-12-6-3-2-4-7-12/h6,13H,2-5,7-10H2,1H3. The van der Waals surface area contributed by atoms with Crippen molar-refractivity contribution in [2.75, 3.05) is 6.54 Å². The van der Waals surface area contributed by atoms with E-state index in [-0.39, 0.29) is 11.9 Å². The van der Waals surface area contributed by atoms with E-state index >= 15 is 0 Å². The topological polar surface area (TPSA) is 59.2 Å². The predicted molar refractivity (Wildman–Crippen MR) is 73.9 cm³/mol. The average molecular weight is 275 g/mol. The molecule has 3 rings (SSSR count). The van der Waals surface area contributed by atoms with Gasteiger partial charge < -0.3 is 9.42 Å². The highest BCUT2D eigenvalue weighted by Crippen LogP contribution is 2.32. The van der Waals surface area contributed by atoms with Gasteiger partial charge in [0.15, 0.2) is 5.82 Å². The molecule has 1 aliphatic heterocycles. The summed E-state index contributed by atoms with van der Waals surface area (Å²) < 4.78 is 5.04. The van der Waals surface area contributed by atoms with Crippen molar-refractivity contribution in [3.05, 3.63) is 23.4 Å². The highest BCUT2D eigenvalue weighted by molar-refractivity contribution is 5.79. The van der Waals surface area contributed by atoms with Crippen LogP contribution in [-0.2, 0) is 4.79 Å². The minimum atomic E-state index is 0.00383. The largest absolute Gasteiger partial charge is 0.340 e. The van der Waals surface area contributed by atoms with Crippen LogP contribution >= 0.6 is 0 Å². The van der Waals surface area contributed by atoms with Gasteiger partial charge in [-0.25, -0.2) is 0 Å². The Kier molecular flexibility index (Phi) is 3.85. The highest BCUT2D eigenvalue weighted by atomic mass is 16.5. The van der Waals surface area contributed by atoms with Crippen molar-refractivity contribution in [1.29, 1.82) is 0 Å². The first-order valence-electron chi connectivity index (χ1n) is 7.51. The molecule has 0 spiro atoms. The molecule has 2 aliphatic rings. The smallest absolute Gasteiger partial charge is 0.227 e. The van der Waals surface area contributed by atoms with Crippen molar-refractivity contribution in [1.82, 2.24) is 15.0 Å². The summed E-state index contributed by atoms with van der Waals surface area (Å²) in [4.78, 5) is 18.7. The number of nitrogens with zero attached hydrogens (tertiary/aromatic N) is 3. The zero-order valence-corrected chi connectivity index (χ0v) is 12.0. The Morgan fingerprint density at radius 1 is 1.45 bits per heavy atom. The quantitative estimate of drug-likeness (QED) is 0.796. The van der Waals surface area contributed by atoms with Crippen molar-refractivity contribution >= 4 is 5.91 Å². The van der Waals surface area contributed by atoms with Gasteiger partial charge in [-0.2, -0.15) is 4.98 Å². The maximum atomic E-state index is 12.5. The monoisotopic (exact) mass is 275 g/mol. The molecule has 0 bridgehead atoms. The molecule has 0 radical (unpaired) electrons. The van der Waals surface area contributed by atoms with Crippen LogP contribution in [0.4, 0.5) is 0 Å². The van der Waals surface area contributed by atoms with E-state index < -0.39 is 0 Å². The number of aryl methyl sites for hydroxylation is 1. The number of carbonyl (C=O) groups excluding carboxylic acids is 1. The van der Waals surface area contributed by atoms with Gasteiger partial charge in [-0.15, -0.1) is 0 Å².